The van der Waals surface area contributed by atoms with Crippen molar-refractivity contribution in [1.29, 1.82) is 0 Å². The predicted octanol–water partition coefficient (Wildman–Crippen LogP) is 2.73. The van der Waals surface area contributed by atoms with E-state index in [1.807, 2.05) is 35.7 Å². The molecular formula is C13H12N2O2S. The Morgan fingerprint density at radius 2 is 2.00 bits per heavy atom. The first-order chi connectivity index (χ1) is 8.70. The van der Waals surface area contributed by atoms with Crippen molar-refractivity contribution in [3.63, 3.8) is 0 Å². The zero-order valence-electron chi connectivity index (χ0n) is 9.84. The van der Waals surface area contributed by atoms with Crippen LogP contribution in [0.1, 0.15) is 13.3 Å². The predicted molar refractivity (Wildman–Crippen MR) is 71.5 cm³/mol. The average molecular weight is 260 g/mol. The van der Waals surface area contributed by atoms with Crippen LogP contribution in [0, 0.1) is 0 Å². The second-order valence-corrected chi connectivity index (χ2v) is 4.49. The normalized spacial score (nSPS) is 10.1. The first-order valence-corrected chi connectivity index (χ1v) is 6.43. The number of hydrogen-bond donors (Lipinski definition) is 1. The number of rotatable bonds is 4. The van der Waals surface area contributed by atoms with Crippen molar-refractivity contribution >= 4 is 28.2 Å². The number of hydrogen-bond acceptors (Lipinski definition) is 4. The molecule has 1 N–H and O–H groups in total. The van der Waals surface area contributed by atoms with Gasteiger partial charge in [0.15, 0.2) is 5.13 Å². The second kappa shape index (κ2) is 5.55. The van der Waals surface area contributed by atoms with Gasteiger partial charge in [-0.2, -0.15) is 0 Å². The summed E-state index contributed by atoms with van der Waals surface area (Å²) in [6, 6.07) is 9.66. The number of anilines is 1. The molecule has 1 aromatic carbocycles. The minimum absolute atomic E-state index is 0.197. The standard InChI is InChI=1S/C13H12N2O2S/c1-2-11(16)12(17)15-13-14-10(8-18-13)9-6-4-3-5-7-9/h3-8H,2H2,1H3,(H,14,15,17). The lowest BCUT2D eigenvalue weighted by Gasteiger charge is -1.98. The Balaban J connectivity index is 2.12. The average Bonchev–Trinajstić information content (AvgIpc) is 2.87. The second-order valence-electron chi connectivity index (χ2n) is 3.63. The molecule has 2 aromatic rings. The highest BCUT2D eigenvalue weighted by Crippen LogP contribution is 2.24. The Kier molecular flexibility index (Phi) is 3.84. The molecule has 92 valence electrons. The number of benzene rings is 1. The number of thiazole rings is 1. The van der Waals surface area contributed by atoms with Gasteiger partial charge in [0.2, 0.25) is 5.78 Å². The van der Waals surface area contributed by atoms with E-state index in [9.17, 15) is 9.59 Å². The maximum absolute atomic E-state index is 11.4. The van der Waals surface area contributed by atoms with E-state index in [4.69, 9.17) is 0 Å². The Bertz CT molecular complexity index is 563. The summed E-state index contributed by atoms with van der Waals surface area (Å²) in [5.41, 5.74) is 1.77. The fraction of sp³-hybridized carbons (Fsp3) is 0.154. The molecule has 0 radical (unpaired) electrons. The molecule has 0 fully saturated rings. The Labute approximate surface area is 109 Å². The quantitative estimate of drug-likeness (QED) is 0.860. The third-order valence-corrected chi connectivity index (χ3v) is 3.13. The van der Waals surface area contributed by atoms with Crippen molar-refractivity contribution in [2.45, 2.75) is 13.3 Å². The summed E-state index contributed by atoms with van der Waals surface area (Å²) in [5, 5.41) is 4.80. The first-order valence-electron chi connectivity index (χ1n) is 5.56. The number of ketones is 1. The van der Waals surface area contributed by atoms with Crippen LogP contribution in [0.3, 0.4) is 0 Å². The maximum atomic E-state index is 11.4. The minimum atomic E-state index is -0.605. The van der Waals surface area contributed by atoms with Crippen LogP contribution in [-0.4, -0.2) is 16.7 Å². The van der Waals surface area contributed by atoms with Gasteiger partial charge < -0.3 is 0 Å². The van der Waals surface area contributed by atoms with E-state index in [1.54, 1.807) is 6.92 Å². The fourth-order valence-corrected chi connectivity index (χ4v) is 2.11. The number of nitrogens with zero attached hydrogens (tertiary/aromatic N) is 1. The molecule has 1 amide bonds. The molecule has 0 atom stereocenters. The van der Waals surface area contributed by atoms with Crippen LogP contribution in [0.25, 0.3) is 11.3 Å². The maximum Gasteiger partial charge on any atom is 0.293 e. The van der Waals surface area contributed by atoms with Crippen molar-refractivity contribution in [2.75, 3.05) is 5.32 Å². The topological polar surface area (TPSA) is 59.1 Å². The van der Waals surface area contributed by atoms with Gasteiger partial charge in [0, 0.05) is 17.4 Å². The van der Waals surface area contributed by atoms with Gasteiger partial charge >= 0.3 is 0 Å². The summed E-state index contributed by atoms with van der Waals surface area (Å²) >= 11 is 1.31. The van der Waals surface area contributed by atoms with Crippen LogP contribution in [0.2, 0.25) is 0 Å². The third-order valence-electron chi connectivity index (χ3n) is 2.37. The SMILES string of the molecule is CCC(=O)C(=O)Nc1nc(-c2ccccc2)cs1. The Hall–Kier alpha value is -2.01. The fourth-order valence-electron chi connectivity index (χ4n) is 1.40. The van der Waals surface area contributed by atoms with E-state index >= 15 is 0 Å². The molecule has 2 rings (SSSR count). The molecule has 0 saturated heterocycles. The molecule has 0 aliphatic heterocycles. The third kappa shape index (κ3) is 2.81. The molecule has 0 aliphatic carbocycles. The van der Waals surface area contributed by atoms with E-state index in [2.05, 4.69) is 10.3 Å². The number of carbonyl (C=O) groups excluding carboxylic acids is 2. The van der Waals surface area contributed by atoms with Crippen molar-refractivity contribution in [2.24, 2.45) is 0 Å². The van der Waals surface area contributed by atoms with Crippen LogP contribution in [0.5, 0.6) is 0 Å². The first kappa shape index (κ1) is 12.4. The number of aromatic nitrogens is 1. The van der Waals surface area contributed by atoms with Crippen LogP contribution in [0.15, 0.2) is 35.7 Å². The number of nitrogens with one attached hydrogen (secondary N) is 1. The van der Waals surface area contributed by atoms with Gasteiger partial charge in [0.25, 0.3) is 5.91 Å². The molecule has 1 heterocycles. The van der Waals surface area contributed by atoms with Gasteiger partial charge in [0.05, 0.1) is 5.69 Å². The highest BCUT2D eigenvalue weighted by atomic mass is 32.1. The van der Waals surface area contributed by atoms with Gasteiger partial charge in [-0.15, -0.1) is 11.3 Å². The smallest absolute Gasteiger partial charge is 0.293 e. The molecule has 0 spiro atoms. The summed E-state index contributed by atoms with van der Waals surface area (Å²) in [4.78, 5) is 26.8. The van der Waals surface area contributed by atoms with E-state index in [1.165, 1.54) is 11.3 Å². The molecule has 18 heavy (non-hydrogen) atoms. The highest BCUT2D eigenvalue weighted by molar-refractivity contribution is 7.14. The summed E-state index contributed by atoms with van der Waals surface area (Å²) in [7, 11) is 0. The zero-order valence-corrected chi connectivity index (χ0v) is 10.7. The van der Waals surface area contributed by atoms with Gasteiger partial charge in [-0.25, -0.2) is 4.98 Å². The monoisotopic (exact) mass is 260 g/mol. The van der Waals surface area contributed by atoms with Crippen molar-refractivity contribution in [3.05, 3.63) is 35.7 Å². The van der Waals surface area contributed by atoms with Crippen LogP contribution in [-0.2, 0) is 9.59 Å². The molecule has 1 aromatic heterocycles. The van der Waals surface area contributed by atoms with E-state index in [-0.39, 0.29) is 6.42 Å². The molecule has 0 bridgehead atoms. The van der Waals surface area contributed by atoms with Gasteiger partial charge in [-0.3, -0.25) is 14.9 Å². The van der Waals surface area contributed by atoms with E-state index in [0.717, 1.165) is 11.3 Å². The number of Topliss-reactive ketones (excluding diaryl/α,β-unsaturated/α-hetero) is 1. The van der Waals surface area contributed by atoms with Crippen LogP contribution >= 0.6 is 11.3 Å². The molecule has 5 heteroatoms. The van der Waals surface area contributed by atoms with Crippen LogP contribution < -0.4 is 5.32 Å². The molecular weight excluding hydrogens is 248 g/mol. The minimum Gasteiger partial charge on any atom is -0.295 e. The highest BCUT2D eigenvalue weighted by Gasteiger charge is 2.13. The Morgan fingerprint density at radius 3 is 2.67 bits per heavy atom. The molecule has 0 saturated carbocycles. The van der Waals surface area contributed by atoms with Crippen molar-refractivity contribution in [3.8, 4) is 11.3 Å². The number of amides is 1. The largest absolute Gasteiger partial charge is 0.295 e. The Morgan fingerprint density at radius 1 is 1.28 bits per heavy atom. The van der Waals surface area contributed by atoms with Gasteiger partial charge in [-0.1, -0.05) is 37.3 Å². The van der Waals surface area contributed by atoms with E-state index in [0.29, 0.717) is 5.13 Å². The summed E-state index contributed by atoms with van der Waals surface area (Å²) in [5.74, 6) is -1.04. The van der Waals surface area contributed by atoms with E-state index < -0.39 is 11.7 Å². The lowest BCUT2D eigenvalue weighted by atomic mass is 10.2. The van der Waals surface area contributed by atoms with Crippen LogP contribution in [0.4, 0.5) is 5.13 Å². The zero-order chi connectivity index (χ0) is 13.0. The number of carbonyl (C=O) groups is 2. The lowest BCUT2D eigenvalue weighted by molar-refractivity contribution is -0.134. The van der Waals surface area contributed by atoms with Gasteiger partial charge in [0.1, 0.15) is 0 Å². The molecule has 0 aliphatic rings. The summed E-state index contributed by atoms with van der Waals surface area (Å²) in [6.07, 6.45) is 0.197. The van der Waals surface area contributed by atoms with Crippen molar-refractivity contribution < 1.29 is 9.59 Å². The van der Waals surface area contributed by atoms with Gasteiger partial charge in [-0.05, 0) is 0 Å². The molecule has 0 unspecified atom stereocenters. The lowest BCUT2D eigenvalue weighted by Crippen LogP contribution is -2.21. The summed E-state index contributed by atoms with van der Waals surface area (Å²) < 4.78 is 0. The van der Waals surface area contributed by atoms with Crippen molar-refractivity contribution in [1.82, 2.24) is 4.98 Å². The summed E-state index contributed by atoms with van der Waals surface area (Å²) in [6.45, 7) is 1.65. The molecule has 4 nitrogen and oxygen atoms in total.